The number of hydrogen-bond acceptors (Lipinski definition) is 3. The van der Waals surface area contributed by atoms with Crippen molar-refractivity contribution < 1.29 is 14.6 Å². The van der Waals surface area contributed by atoms with Crippen LogP contribution in [0.5, 0.6) is 0 Å². The zero-order valence-electron chi connectivity index (χ0n) is 12.1. The predicted molar refractivity (Wildman–Crippen MR) is 71.3 cm³/mol. The molecule has 18 heavy (non-hydrogen) atoms. The van der Waals surface area contributed by atoms with Crippen LogP contribution in [0, 0.1) is 11.3 Å². The molecule has 2 aliphatic rings. The number of ether oxygens (including phenoxy) is 2. The third kappa shape index (κ3) is 3.25. The molecule has 0 bridgehead atoms. The van der Waals surface area contributed by atoms with E-state index in [0.29, 0.717) is 5.92 Å². The third-order valence-electron chi connectivity index (χ3n) is 4.66. The smallest absolute Gasteiger partial charge is 0.169 e. The molecule has 1 aliphatic carbocycles. The van der Waals surface area contributed by atoms with Crippen molar-refractivity contribution in [1.29, 1.82) is 0 Å². The molecule has 1 aliphatic heterocycles. The zero-order chi connectivity index (χ0) is 13.2. The molecule has 1 saturated heterocycles. The van der Waals surface area contributed by atoms with E-state index in [1.807, 2.05) is 0 Å². The zero-order valence-corrected chi connectivity index (χ0v) is 12.1. The van der Waals surface area contributed by atoms with Crippen LogP contribution in [-0.4, -0.2) is 30.2 Å². The number of hydrogen-bond donors (Lipinski definition) is 1. The summed E-state index contributed by atoms with van der Waals surface area (Å²) >= 11 is 0. The second kappa shape index (κ2) is 5.48. The van der Waals surface area contributed by atoms with Gasteiger partial charge in [-0.3, -0.25) is 0 Å². The molecule has 2 atom stereocenters. The Hall–Kier alpha value is -0.120. The molecule has 106 valence electrons. The van der Waals surface area contributed by atoms with Crippen LogP contribution in [0.1, 0.15) is 59.3 Å². The van der Waals surface area contributed by atoms with Gasteiger partial charge in [0.15, 0.2) is 5.79 Å². The van der Waals surface area contributed by atoms with Gasteiger partial charge in [0.2, 0.25) is 0 Å². The van der Waals surface area contributed by atoms with E-state index in [0.717, 1.165) is 38.9 Å². The van der Waals surface area contributed by atoms with E-state index in [1.54, 1.807) is 0 Å². The molecule has 0 aromatic rings. The number of rotatable bonds is 4. The van der Waals surface area contributed by atoms with Crippen LogP contribution in [0.25, 0.3) is 0 Å². The van der Waals surface area contributed by atoms with Gasteiger partial charge in [0.05, 0.1) is 19.3 Å². The lowest BCUT2D eigenvalue weighted by Gasteiger charge is -2.43. The largest absolute Gasteiger partial charge is 0.393 e. The lowest BCUT2D eigenvalue weighted by atomic mass is 9.69. The summed E-state index contributed by atoms with van der Waals surface area (Å²) in [6, 6.07) is 0. The Balaban J connectivity index is 1.89. The lowest BCUT2D eigenvalue weighted by molar-refractivity contribution is -0.201. The summed E-state index contributed by atoms with van der Waals surface area (Å²) in [6.45, 7) is 7.97. The molecular weight excluding hydrogens is 228 g/mol. The lowest BCUT2D eigenvalue weighted by Crippen LogP contribution is -2.41. The Kier molecular flexibility index (Phi) is 4.35. The second-order valence-electron chi connectivity index (χ2n) is 6.80. The Bertz CT molecular complexity index is 271. The Morgan fingerprint density at radius 2 is 1.83 bits per heavy atom. The fourth-order valence-electron chi connectivity index (χ4n) is 3.40. The maximum absolute atomic E-state index is 9.97. The van der Waals surface area contributed by atoms with Crippen molar-refractivity contribution in [2.45, 2.75) is 71.2 Å². The monoisotopic (exact) mass is 256 g/mol. The van der Waals surface area contributed by atoms with Crippen molar-refractivity contribution in [1.82, 2.24) is 0 Å². The van der Waals surface area contributed by atoms with E-state index < -0.39 is 0 Å². The van der Waals surface area contributed by atoms with Crippen LogP contribution in [-0.2, 0) is 9.47 Å². The van der Waals surface area contributed by atoms with Crippen molar-refractivity contribution in [2.75, 3.05) is 13.2 Å². The average Bonchev–Trinajstić information content (AvgIpc) is 2.73. The molecule has 2 unspecified atom stereocenters. The van der Waals surface area contributed by atoms with E-state index in [-0.39, 0.29) is 17.3 Å². The van der Waals surface area contributed by atoms with Crippen molar-refractivity contribution in [3.05, 3.63) is 0 Å². The van der Waals surface area contributed by atoms with Gasteiger partial charge in [-0.05, 0) is 37.0 Å². The molecule has 1 heterocycles. The Morgan fingerprint density at radius 3 is 2.44 bits per heavy atom. The van der Waals surface area contributed by atoms with Crippen LogP contribution in [0.2, 0.25) is 0 Å². The first-order valence-electron chi connectivity index (χ1n) is 7.41. The fourth-order valence-corrected chi connectivity index (χ4v) is 3.40. The van der Waals surface area contributed by atoms with Gasteiger partial charge >= 0.3 is 0 Å². The van der Waals surface area contributed by atoms with Gasteiger partial charge in [-0.1, -0.05) is 20.8 Å². The van der Waals surface area contributed by atoms with Crippen LogP contribution in [0.3, 0.4) is 0 Å². The maximum atomic E-state index is 9.97. The molecule has 3 nitrogen and oxygen atoms in total. The van der Waals surface area contributed by atoms with Crippen molar-refractivity contribution in [3.8, 4) is 0 Å². The van der Waals surface area contributed by atoms with Crippen LogP contribution in [0.4, 0.5) is 0 Å². The first-order valence-corrected chi connectivity index (χ1v) is 7.41. The molecule has 0 aromatic carbocycles. The first kappa shape index (κ1) is 14.3. The molecule has 1 spiro atoms. The fraction of sp³-hybridized carbons (Fsp3) is 1.00. The average molecular weight is 256 g/mol. The summed E-state index contributed by atoms with van der Waals surface area (Å²) in [4.78, 5) is 0. The highest BCUT2D eigenvalue weighted by Crippen LogP contribution is 2.48. The normalized spacial score (nSPS) is 33.2. The van der Waals surface area contributed by atoms with E-state index in [9.17, 15) is 5.11 Å². The highest BCUT2D eigenvalue weighted by Gasteiger charge is 2.46. The summed E-state index contributed by atoms with van der Waals surface area (Å²) in [5.41, 5.74) is 0.262. The topological polar surface area (TPSA) is 38.7 Å². The van der Waals surface area contributed by atoms with Gasteiger partial charge in [0.25, 0.3) is 0 Å². The maximum Gasteiger partial charge on any atom is 0.169 e. The standard InChI is InChI=1S/C15H28O3/c1-12(2)13(16)5-8-14(3)6-4-7-15(11-14)17-9-10-18-15/h12-13,16H,4-11H2,1-3H3. The minimum absolute atomic E-state index is 0.176. The van der Waals surface area contributed by atoms with Crippen LogP contribution < -0.4 is 0 Å². The van der Waals surface area contributed by atoms with Gasteiger partial charge in [-0.25, -0.2) is 0 Å². The molecule has 2 rings (SSSR count). The molecule has 3 heteroatoms. The minimum Gasteiger partial charge on any atom is -0.393 e. The molecule has 1 saturated carbocycles. The molecule has 2 fully saturated rings. The van der Waals surface area contributed by atoms with Crippen molar-refractivity contribution in [2.24, 2.45) is 11.3 Å². The SMILES string of the molecule is CC(C)C(O)CCC1(C)CCCC2(C1)OCCO2. The second-order valence-corrected chi connectivity index (χ2v) is 6.80. The van der Waals surface area contributed by atoms with Crippen LogP contribution >= 0.6 is 0 Å². The number of aliphatic hydroxyl groups excluding tert-OH is 1. The first-order chi connectivity index (χ1) is 8.45. The summed E-state index contributed by atoms with van der Waals surface area (Å²) < 4.78 is 11.7. The summed E-state index contributed by atoms with van der Waals surface area (Å²) in [6.07, 6.45) is 6.22. The Morgan fingerprint density at radius 1 is 1.17 bits per heavy atom. The molecule has 0 aromatic heterocycles. The van der Waals surface area contributed by atoms with Gasteiger partial charge in [0, 0.05) is 12.8 Å². The van der Waals surface area contributed by atoms with Gasteiger partial charge < -0.3 is 14.6 Å². The van der Waals surface area contributed by atoms with Gasteiger partial charge in [-0.15, -0.1) is 0 Å². The van der Waals surface area contributed by atoms with Gasteiger partial charge in [0.1, 0.15) is 0 Å². The van der Waals surface area contributed by atoms with Crippen molar-refractivity contribution >= 4 is 0 Å². The summed E-state index contributed by atoms with van der Waals surface area (Å²) in [7, 11) is 0. The molecule has 0 radical (unpaired) electrons. The minimum atomic E-state index is -0.296. The predicted octanol–water partition coefficient (Wildman–Crippen LogP) is 3.11. The van der Waals surface area contributed by atoms with Gasteiger partial charge in [-0.2, -0.15) is 0 Å². The van der Waals surface area contributed by atoms with Crippen LogP contribution in [0.15, 0.2) is 0 Å². The van der Waals surface area contributed by atoms with E-state index in [1.165, 1.54) is 12.8 Å². The summed E-state index contributed by atoms with van der Waals surface area (Å²) in [5.74, 6) is 0.0561. The van der Waals surface area contributed by atoms with E-state index in [2.05, 4.69) is 20.8 Å². The van der Waals surface area contributed by atoms with Crippen molar-refractivity contribution in [3.63, 3.8) is 0 Å². The Labute approximate surface area is 111 Å². The van der Waals surface area contributed by atoms with E-state index >= 15 is 0 Å². The molecule has 1 N–H and O–H groups in total. The molecule has 0 amide bonds. The highest BCUT2D eigenvalue weighted by atomic mass is 16.7. The van der Waals surface area contributed by atoms with E-state index in [4.69, 9.17) is 9.47 Å². The highest BCUT2D eigenvalue weighted by molar-refractivity contribution is 4.90. The third-order valence-corrected chi connectivity index (χ3v) is 4.66. The molecular formula is C15H28O3. The summed E-state index contributed by atoms with van der Waals surface area (Å²) in [5, 5.41) is 9.97. The number of aliphatic hydroxyl groups is 1. The quantitative estimate of drug-likeness (QED) is 0.840.